The number of amides is 1. The molecule has 0 bridgehead atoms. The molecule has 0 radical (unpaired) electrons. The molecule has 6 nitrogen and oxygen atoms in total. The Morgan fingerprint density at radius 3 is 2.06 bits per heavy atom. The van der Waals surface area contributed by atoms with Gasteiger partial charge in [-0.25, -0.2) is 4.79 Å². The highest BCUT2D eigenvalue weighted by molar-refractivity contribution is 5.70. The van der Waals surface area contributed by atoms with Gasteiger partial charge in [0.1, 0.15) is 0 Å². The lowest BCUT2D eigenvalue weighted by Crippen LogP contribution is -2.34. The molecule has 2 aliphatic heterocycles. The van der Waals surface area contributed by atoms with E-state index in [0.29, 0.717) is 6.54 Å². The van der Waals surface area contributed by atoms with Gasteiger partial charge in [0.15, 0.2) is 0 Å². The first-order valence-corrected chi connectivity index (χ1v) is 6.52. The molecule has 1 unspecified atom stereocenters. The number of likely N-dealkylation sites (tertiary alicyclic amines) is 1. The van der Waals surface area contributed by atoms with Crippen molar-refractivity contribution in [2.75, 3.05) is 26.2 Å². The van der Waals surface area contributed by atoms with Crippen LogP contribution >= 0.6 is 0 Å². The summed E-state index contributed by atoms with van der Waals surface area (Å²) in [5, 5.41) is 20.0. The highest BCUT2D eigenvalue weighted by Gasteiger charge is 2.19. The van der Waals surface area contributed by atoms with Crippen molar-refractivity contribution in [2.24, 2.45) is 5.92 Å². The lowest BCUT2D eigenvalue weighted by Gasteiger charge is -2.22. The van der Waals surface area contributed by atoms with E-state index in [-0.39, 0.29) is 5.92 Å². The van der Waals surface area contributed by atoms with Crippen LogP contribution in [0.3, 0.4) is 0 Å². The molecule has 2 rings (SSSR count). The lowest BCUT2D eigenvalue weighted by atomic mass is 10.0. The van der Waals surface area contributed by atoms with Crippen molar-refractivity contribution < 1.29 is 19.8 Å². The summed E-state index contributed by atoms with van der Waals surface area (Å²) in [6.07, 6.45) is 4.32. The van der Waals surface area contributed by atoms with Crippen LogP contribution in [0, 0.1) is 5.92 Å². The second-order valence-electron chi connectivity index (χ2n) is 4.71. The third kappa shape index (κ3) is 5.35. The minimum atomic E-state index is -0.769. The Balaban J connectivity index is 0.000000180. The molecular weight excluding hydrogens is 236 g/mol. The molecule has 0 aromatic heterocycles. The molecule has 0 spiro atoms. The summed E-state index contributed by atoms with van der Waals surface area (Å²) in [7, 11) is 0. The first kappa shape index (κ1) is 14.8. The molecule has 0 aromatic rings. The van der Waals surface area contributed by atoms with E-state index < -0.39 is 12.1 Å². The fourth-order valence-corrected chi connectivity index (χ4v) is 2.15. The maximum absolute atomic E-state index is 10.3. The van der Waals surface area contributed by atoms with Crippen molar-refractivity contribution in [3.8, 4) is 0 Å². The van der Waals surface area contributed by atoms with E-state index in [1.54, 1.807) is 0 Å². The van der Waals surface area contributed by atoms with Crippen molar-refractivity contribution in [1.29, 1.82) is 0 Å². The molecule has 0 aliphatic carbocycles. The number of hydrogen-bond acceptors (Lipinski definition) is 3. The Morgan fingerprint density at radius 1 is 1.06 bits per heavy atom. The van der Waals surface area contributed by atoms with Crippen molar-refractivity contribution in [1.82, 2.24) is 10.2 Å². The minimum Gasteiger partial charge on any atom is -0.481 e. The van der Waals surface area contributed by atoms with Gasteiger partial charge >= 0.3 is 12.1 Å². The van der Waals surface area contributed by atoms with E-state index in [2.05, 4.69) is 5.32 Å². The van der Waals surface area contributed by atoms with E-state index in [0.717, 1.165) is 45.3 Å². The monoisotopic (exact) mass is 258 g/mol. The van der Waals surface area contributed by atoms with Crippen LogP contribution in [-0.4, -0.2) is 53.4 Å². The summed E-state index contributed by atoms with van der Waals surface area (Å²) < 4.78 is 0. The number of rotatable bonds is 1. The summed E-state index contributed by atoms with van der Waals surface area (Å²) in [6.45, 7) is 3.09. The average Bonchev–Trinajstić information content (AvgIpc) is 2.41. The largest absolute Gasteiger partial charge is 0.481 e. The first-order chi connectivity index (χ1) is 8.61. The summed E-state index contributed by atoms with van der Waals surface area (Å²) in [4.78, 5) is 22.1. The third-order valence-corrected chi connectivity index (χ3v) is 3.27. The van der Waals surface area contributed by atoms with Crippen LogP contribution in [0.5, 0.6) is 0 Å². The number of hydrogen-bond donors (Lipinski definition) is 3. The Labute approximate surface area is 107 Å². The van der Waals surface area contributed by atoms with Gasteiger partial charge in [-0.05, 0) is 38.6 Å². The number of nitrogens with one attached hydrogen (secondary N) is 1. The molecule has 1 atom stereocenters. The van der Waals surface area contributed by atoms with Gasteiger partial charge in [-0.2, -0.15) is 0 Å². The summed E-state index contributed by atoms with van der Waals surface area (Å²) in [5.74, 6) is -0.805. The van der Waals surface area contributed by atoms with Crippen LogP contribution in [0.2, 0.25) is 0 Å². The van der Waals surface area contributed by atoms with Gasteiger partial charge < -0.3 is 20.4 Å². The van der Waals surface area contributed by atoms with Crippen molar-refractivity contribution in [3.63, 3.8) is 0 Å². The van der Waals surface area contributed by atoms with Gasteiger partial charge in [0.2, 0.25) is 0 Å². The van der Waals surface area contributed by atoms with Crippen molar-refractivity contribution >= 4 is 12.1 Å². The van der Waals surface area contributed by atoms with Gasteiger partial charge in [-0.15, -0.1) is 0 Å². The fourth-order valence-electron chi connectivity index (χ4n) is 2.15. The second kappa shape index (κ2) is 7.92. The number of carbonyl (C=O) groups is 2. The van der Waals surface area contributed by atoms with E-state index in [9.17, 15) is 9.59 Å². The van der Waals surface area contributed by atoms with Crippen LogP contribution in [0.1, 0.15) is 32.1 Å². The fraction of sp³-hybridized carbons (Fsp3) is 0.833. The second-order valence-corrected chi connectivity index (χ2v) is 4.71. The molecular formula is C12H22N2O4. The zero-order valence-corrected chi connectivity index (χ0v) is 10.6. The predicted octanol–water partition coefficient (Wildman–Crippen LogP) is 1.22. The van der Waals surface area contributed by atoms with E-state index in [4.69, 9.17) is 10.2 Å². The maximum Gasteiger partial charge on any atom is 0.407 e. The number of nitrogens with zero attached hydrogens (tertiary/aromatic N) is 1. The molecule has 18 heavy (non-hydrogen) atoms. The topological polar surface area (TPSA) is 89.9 Å². The molecule has 6 heteroatoms. The molecule has 2 heterocycles. The van der Waals surface area contributed by atoms with Gasteiger partial charge in [-0.3, -0.25) is 4.79 Å². The predicted molar refractivity (Wildman–Crippen MR) is 66.7 cm³/mol. The SMILES string of the molecule is O=C(O)C1CCCNC1.O=C(O)N1CCCCC1. The quantitative estimate of drug-likeness (QED) is 0.658. The van der Waals surface area contributed by atoms with Crippen LogP contribution in [0.25, 0.3) is 0 Å². The van der Waals surface area contributed by atoms with Crippen molar-refractivity contribution in [3.05, 3.63) is 0 Å². The zero-order chi connectivity index (χ0) is 13.4. The zero-order valence-electron chi connectivity index (χ0n) is 10.6. The smallest absolute Gasteiger partial charge is 0.407 e. The van der Waals surface area contributed by atoms with Gasteiger partial charge in [0.05, 0.1) is 5.92 Å². The highest BCUT2D eigenvalue weighted by Crippen LogP contribution is 2.09. The molecule has 0 saturated carbocycles. The molecule has 0 aromatic carbocycles. The van der Waals surface area contributed by atoms with Crippen LogP contribution < -0.4 is 5.32 Å². The number of aliphatic carboxylic acids is 1. The Morgan fingerprint density at radius 2 is 1.72 bits per heavy atom. The van der Waals surface area contributed by atoms with Crippen LogP contribution in [0.4, 0.5) is 4.79 Å². The maximum atomic E-state index is 10.3. The standard InChI is InChI=1S/2C6H11NO2/c8-6(9)5-2-1-3-7-4-5;8-6(9)7-4-2-1-3-5-7/h5,7H,1-4H2,(H,8,9);1-5H2,(H,8,9). The van der Waals surface area contributed by atoms with E-state index in [1.165, 1.54) is 11.3 Å². The summed E-state index contributed by atoms with van der Waals surface area (Å²) >= 11 is 0. The Hall–Kier alpha value is -1.30. The first-order valence-electron chi connectivity index (χ1n) is 6.52. The van der Waals surface area contributed by atoms with Crippen molar-refractivity contribution in [2.45, 2.75) is 32.1 Å². The molecule has 104 valence electrons. The summed E-state index contributed by atoms with van der Waals surface area (Å²) in [5.41, 5.74) is 0. The molecule has 2 saturated heterocycles. The minimum absolute atomic E-state index is 0.140. The van der Waals surface area contributed by atoms with E-state index >= 15 is 0 Å². The summed E-state index contributed by atoms with van der Waals surface area (Å²) in [6, 6.07) is 0. The number of piperidine rings is 2. The van der Waals surface area contributed by atoms with Crippen LogP contribution in [-0.2, 0) is 4.79 Å². The Kier molecular flexibility index (Phi) is 6.49. The molecule has 2 aliphatic rings. The highest BCUT2D eigenvalue weighted by atomic mass is 16.4. The third-order valence-electron chi connectivity index (χ3n) is 3.27. The molecule has 1 amide bonds. The average molecular weight is 258 g/mol. The molecule has 2 fully saturated rings. The lowest BCUT2D eigenvalue weighted by molar-refractivity contribution is -0.142. The number of carboxylic acids is 1. The Bertz CT molecular complexity index is 243. The van der Waals surface area contributed by atoms with Gasteiger partial charge in [0, 0.05) is 19.6 Å². The normalized spacial score (nSPS) is 23.8. The van der Waals surface area contributed by atoms with E-state index in [1.807, 2.05) is 0 Å². The van der Waals surface area contributed by atoms with Gasteiger partial charge in [-0.1, -0.05) is 0 Å². The number of carboxylic acid groups (broad SMARTS) is 2. The molecule has 3 N–H and O–H groups in total. The van der Waals surface area contributed by atoms with Crippen LogP contribution in [0.15, 0.2) is 0 Å². The van der Waals surface area contributed by atoms with Gasteiger partial charge in [0.25, 0.3) is 0 Å².